The van der Waals surface area contributed by atoms with E-state index in [4.69, 9.17) is 9.47 Å². The SMILES string of the molecule is COc1ccc(-c2cnc3ccc(Oc4ccc(OC(F)(F)F)cc4)nn23)cn1. The minimum Gasteiger partial charge on any atom is -0.481 e. The number of nitrogens with zero attached hydrogens (tertiary/aromatic N) is 4. The molecule has 0 bridgehead atoms. The third-order valence-corrected chi connectivity index (χ3v) is 3.86. The Morgan fingerprint density at radius 2 is 1.55 bits per heavy atom. The second kappa shape index (κ2) is 7.30. The van der Waals surface area contributed by atoms with Crippen LogP contribution in [0.2, 0.25) is 0 Å². The van der Waals surface area contributed by atoms with Gasteiger partial charge >= 0.3 is 6.36 Å². The first-order valence-electron chi connectivity index (χ1n) is 8.30. The number of hydrogen-bond donors (Lipinski definition) is 0. The molecule has 0 spiro atoms. The predicted molar refractivity (Wildman–Crippen MR) is 96.0 cm³/mol. The number of benzene rings is 1. The van der Waals surface area contributed by atoms with E-state index < -0.39 is 6.36 Å². The highest BCUT2D eigenvalue weighted by Crippen LogP contribution is 2.27. The third kappa shape index (κ3) is 4.21. The molecule has 1 aromatic carbocycles. The van der Waals surface area contributed by atoms with E-state index in [1.54, 1.807) is 35.1 Å². The van der Waals surface area contributed by atoms with Crippen molar-refractivity contribution in [2.75, 3.05) is 7.11 Å². The number of ether oxygens (including phenoxy) is 3. The lowest BCUT2D eigenvalue weighted by Gasteiger charge is -2.10. The Kier molecular flexibility index (Phi) is 4.67. The first kappa shape index (κ1) is 18.5. The van der Waals surface area contributed by atoms with Gasteiger partial charge in [-0.3, -0.25) is 0 Å². The fraction of sp³-hybridized carbons (Fsp3) is 0.105. The highest BCUT2D eigenvalue weighted by Gasteiger charge is 2.31. The molecule has 0 N–H and O–H groups in total. The standard InChI is InChI=1S/C19H13F3N4O3/c1-27-17-8-2-12(10-24-17)15-11-23-16-7-9-18(25-26(15)16)28-13-3-5-14(6-4-13)29-19(20,21)22/h2-11H,1H3. The summed E-state index contributed by atoms with van der Waals surface area (Å²) in [5, 5.41) is 4.39. The van der Waals surface area contributed by atoms with Gasteiger partial charge < -0.3 is 14.2 Å². The molecule has 4 aromatic rings. The summed E-state index contributed by atoms with van der Waals surface area (Å²) in [5.41, 5.74) is 2.06. The summed E-state index contributed by atoms with van der Waals surface area (Å²) in [6, 6.07) is 11.9. The van der Waals surface area contributed by atoms with E-state index in [0.29, 0.717) is 23.0 Å². The molecule has 29 heavy (non-hydrogen) atoms. The molecule has 0 amide bonds. The molecule has 0 radical (unpaired) electrons. The molecule has 0 aliphatic carbocycles. The van der Waals surface area contributed by atoms with Gasteiger partial charge in [-0.1, -0.05) is 0 Å². The lowest BCUT2D eigenvalue weighted by molar-refractivity contribution is -0.274. The van der Waals surface area contributed by atoms with E-state index in [1.807, 2.05) is 6.07 Å². The van der Waals surface area contributed by atoms with Crippen LogP contribution in [-0.2, 0) is 0 Å². The number of imidazole rings is 1. The Morgan fingerprint density at radius 3 is 2.21 bits per heavy atom. The highest BCUT2D eigenvalue weighted by molar-refractivity contribution is 5.62. The Labute approximate surface area is 162 Å². The lowest BCUT2D eigenvalue weighted by Crippen LogP contribution is -2.16. The van der Waals surface area contributed by atoms with Gasteiger partial charge in [0.2, 0.25) is 11.8 Å². The number of methoxy groups -OCH3 is 1. The number of fused-ring (bicyclic) bond motifs is 1. The molecule has 0 aliphatic heterocycles. The van der Waals surface area contributed by atoms with Gasteiger partial charge in [0.25, 0.3) is 0 Å². The van der Waals surface area contributed by atoms with Gasteiger partial charge in [-0.2, -0.15) is 0 Å². The number of pyridine rings is 1. The summed E-state index contributed by atoms with van der Waals surface area (Å²) in [4.78, 5) is 8.46. The van der Waals surface area contributed by atoms with Gasteiger partial charge in [0.05, 0.1) is 19.0 Å². The molecule has 0 atom stereocenters. The van der Waals surface area contributed by atoms with E-state index in [-0.39, 0.29) is 11.6 Å². The maximum Gasteiger partial charge on any atom is 0.573 e. The smallest absolute Gasteiger partial charge is 0.481 e. The number of alkyl halides is 3. The van der Waals surface area contributed by atoms with E-state index >= 15 is 0 Å². The van der Waals surface area contributed by atoms with Gasteiger partial charge in [0, 0.05) is 23.9 Å². The first-order chi connectivity index (χ1) is 13.9. The average molecular weight is 402 g/mol. The Balaban J connectivity index is 1.58. The van der Waals surface area contributed by atoms with Crippen LogP contribution >= 0.6 is 0 Å². The van der Waals surface area contributed by atoms with Crippen molar-refractivity contribution < 1.29 is 27.4 Å². The third-order valence-electron chi connectivity index (χ3n) is 3.86. The second-order valence-corrected chi connectivity index (χ2v) is 5.80. The zero-order chi connectivity index (χ0) is 20.4. The zero-order valence-corrected chi connectivity index (χ0v) is 14.9. The fourth-order valence-corrected chi connectivity index (χ4v) is 2.59. The van der Waals surface area contributed by atoms with Crippen molar-refractivity contribution in [2.24, 2.45) is 0 Å². The number of aromatic nitrogens is 4. The number of rotatable bonds is 5. The molecule has 148 valence electrons. The molecule has 0 aliphatic rings. The molecule has 7 nitrogen and oxygen atoms in total. The van der Waals surface area contributed by atoms with Crippen LogP contribution in [0.15, 0.2) is 60.9 Å². The van der Waals surface area contributed by atoms with Crippen molar-refractivity contribution >= 4 is 5.65 Å². The summed E-state index contributed by atoms with van der Waals surface area (Å²) in [5.74, 6) is 0.691. The topological polar surface area (TPSA) is 70.8 Å². The summed E-state index contributed by atoms with van der Waals surface area (Å²) >= 11 is 0. The minimum atomic E-state index is -4.75. The maximum atomic E-state index is 12.2. The Morgan fingerprint density at radius 1 is 0.828 bits per heavy atom. The molecule has 0 saturated heterocycles. The first-order valence-corrected chi connectivity index (χ1v) is 8.30. The molecule has 10 heteroatoms. The monoisotopic (exact) mass is 402 g/mol. The van der Waals surface area contributed by atoms with Crippen molar-refractivity contribution in [1.29, 1.82) is 0 Å². The number of halogens is 3. The highest BCUT2D eigenvalue weighted by atomic mass is 19.4. The Bertz CT molecular complexity index is 1130. The largest absolute Gasteiger partial charge is 0.573 e. The van der Waals surface area contributed by atoms with Crippen LogP contribution in [0.4, 0.5) is 13.2 Å². The fourth-order valence-electron chi connectivity index (χ4n) is 2.59. The lowest BCUT2D eigenvalue weighted by atomic mass is 10.2. The normalized spacial score (nSPS) is 11.4. The van der Waals surface area contributed by atoms with Crippen LogP contribution in [0, 0.1) is 0 Å². The molecule has 3 aromatic heterocycles. The average Bonchev–Trinajstić information content (AvgIpc) is 3.12. The van der Waals surface area contributed by atoms with Crippen molar-refractivity contribution in [1.82, 2.24) is 19.6 Å². The molecular weight excluding hydrogens is 389 g/mol. The summed E-state index contributed by atoms with van der Waals surface area (Å²) in [7, 11) is 1.53. The van der Waals surface area contributed by atoms with E-state index in [0.717, 1.165) is 17.7 Å². The van der Waals surface area contributed by atoms with Crippen LogP contribution in [0.25, 0.3) is 16.9 Å². The molecular formula is C19H13F3N4O3. The van der Waals surface area contributed by atoms with E-state index in [1.165, 1.54) is 19.2 Å². The molecule has 0 saturated carbocycles. The van der Waals surface area contributed by atoms with Crippen molar-refractivity contribution in [2.45, 2.75) is 6.36 Å². The summed E-state index contributed by atoms with van der Waals surface area (Å²) < 4.78 is 52.8. The van der Waals surface area contributed by atoms with Gasteiger partial charge in [-0.15, -0.1) is 18.3 Å². The second-order valence-electron chi connectivity index (χ2n) is 5.80. The van der Waals surface area contributed by atoms with Crippen LogP contribution in [-0.4, -0.2) is 33.1 Å². The predicted octanol–water partition coefficient (Wildman–Crippen LogP) is 4.49. The van der Waals surface area contributed by atoms with Gasteiger partial charge in [0.15, 0.2) is 5.65 Å². The van der Waals surface area contributed by atoms with Crippen LogP contribution in [0.5, 0.6) is 23.3 Å². The number of hydrogen-bond acceptors (Lipinski definition) is 6. The van der Waals surface area contributed by atoms with Crippen molar-refractivity contribution in [3.8, 4) is 34.5 Å². The van der Waals surface area contributed by atoms with Crippen LogP contribution < -0.4 is 14.2 Å². The van der Waals surface area contributed by atoms with E-state index in [2.05, 4.69) is 19.8 Å². The van der Waals surface area contributed by atoms with Crippen LogP contribution in [0.1, 0.15) is 0 Å². The van der Waals surface area contributed by atoms with Crippen molar-refractivity contribution in [3.05, 3.63) is 60.9 Å². The molecule has 0 fully saturated rings. The van der Waals surface area contributed by atoms with E-state index in [9.17, 15) is 13.2 Å². The van der Waals surface area contributed by atoms with Crippen molar-refractivity contribution in [3.63, 3.8) is 0 Å². The van der Waals surface area contributed by atoms with Gasteiger partial charge in [-0.25, -0.2) is 14.5 Å². The van der Waals surface area contributed by atoms with Crippen LogP contribution in [0.3, 0.4) is 0 Å². The summed E-state index contributed by atoms with van der Waals surface area (Å²) in [6.07, 6.45) is -1.46. The minimum absolute atomic E-state index is 0.239. The van der Waals surface area contributed by atoms with Gasteiger partial charge in [-0.05, 0) is 36.4 Å². The Hall–Kier alpha value is -3.82. The molecule has 3 heterocycles. The zero-order valence-electron chi connectivity index (χ0n) is 14.9. The molecule has 0 unspecified atom stereocenters. The maximum absolute atomic E-state index is 12.2. The van der Waals surface area contributed by atoms with Gasteiger partial charge in [0.1, 0.15) is 11.5 Å². The quantitative estimate of drug-likeness (QED) is 0.490. The molecule has 4 rings (SSSR count). The summed E-state index contributed by atoms with van der Waals surface area (Å²) in [6.45, 7) is 0.